The van der Waals surface area contributed by atoms with E-state index in [0.717, 1.165) is 0 Å². The second-order valence-electron chi connectivity index (χ2n) is 2.83. The maximum absolute atomic E-state index is 11.6. The molecule has 0 bridgehead atoms. The number of nitrogens with one attached hydrogen (secondary N) is 1. The summed E-state index contributed by atoms with van der Waals surface area (Å²) < 4.78 is 9.64. The SMILES string of the molecule is C=CCNC(=S)/C(C(=O)OCC)=C(/O)OCC. The van der Waals surface area contributed by atoms with Crippen molar-refractivity contribution in [1.29, 1.82) is 0 Å². The van der Waals surface area contributed by atoms with E-state index in [-0.39, 0.29) is 23.8 Å². The van der Waals surface area contributed by atoms with E-state index in [4.69, 9.17) is 21.7 Å². The van der Waals surface area contributed by atoms with Gasteiger partial charge in [-0.15, -0.1) is 6.58 Å². The fourth-order valence-corrected chi connectivity index (χ4v) is 1.20. The summed E-state index contributed by atoms with van der Waals surface area (Å²) in [6.07, 6.45) is 1.58. The molecule has 0 aliphatic carbocycles. The van der Waals surface area contributed by atoms with Crippen LogP contribution in [-0.2, 0) is 14.3 Å². The van der Waals surface area contributed by atoms with Crippen LogP contribution in [-0.4, -0.2) is 35.8 Å². The fourth-order valence-electron chi connectivity index (χ4n) is 0.943. The zero-order valence-electron chi connectivity index (χ0n) is 9.99. The molecule has 0 aliphatic rings. The Balaban J connectivity index is 4.96. The number of rotatable bonds is 7. The topological polar surface area (TPSA) is 67.8 Å². The second-order valence-corrected chi connectivity index (χ2v) is 3.24. The Bertz CT molecular complexity index is 325. The van der Waals surface area contributed by atoms with Crippen LogP contribution in [0.3, 0.4) is 0 Å². The molecule has 0 amide bonds. The summed E-state index contributed by atoms with van der Waals surface area (Å²) in [5.41, 5.74) is -0.175. The molecule has 5 nitrogen and oxygen atoms in total. The van der Waals surface area contributed by atoms with Gasteiger partial charge in [-0.3, -0.25) is 0 Å². The van der Waals surface area contributed by atoms with E-state index in [2.05, 4.69) is 11.9 Å². The van der Waals surface area contributed by atoms with Crippen LogP contribution in [0.2, 0.25) is 0 Å². The molecule has 17 heavy (non-hydrogen) atoms. The van der Waals surface area contributed by atoms with Gasteiger partial charge in [0.15, 0.2) is 5.57 Å². The number of aliphatic hydroxyl groups excluding tert-OH is 1. The lowest BCUT2D eigenvalue weighted by Gasteiger charge is -2.11. The molecule has 0 saturated carbocycles. The zero-order chi connectivity index (χ0) is 13.3. The van der Waals surface area contributed by atoms with Crippen LogP contribution in [0.5, 0.6) is 0 Å². The number of thiocarbonyl (C=S) groups is 1. The van der Waals surface area contributed by atoms with E-state index < -0.39 is 11.9 Å². The van der Waals surface area contributed by atoms with Gasteiger partial charge in [-0.25, -0.2) is 4.79 Å². The van der Waals surface area contributed by atoms with Crippen molar-refractivity contribution >= 4 is 23.2 Å². The molecule has 0 unspecified atom stereocenters. The van der Waals surface area contributed by atoms with Gasteiger partial charge in [0.25, 0.3) is 5.95 Å². The van der Waals surface area contributed by atoms with Gasteiger partial charge in [-0.05, 0) is 13.8 Å². The van der Waals surface area contributed by atoms with Crippen molar-refractivity contribution in [2.24, 2.45) is 0 Å². The Morgan fingerprint density at radius 2 is 2.00 bits per heavy atom. The van der Waals surface area contributed by atoms with E-state index >= 15 is 0 Å². The molecular formula is C11H17NO4S. The van der Waals surface area contributed by atoms with E-state index in [1.54, 1.807) is 19.9 Å². The van der Waals surface area contributed by atoms with Gasteiger partial charge in [0.1, 0.15) is 4.99 Å². The highest BCUT2D eigenvalue weighted by atomic mass is 32.1. The summed E-state index contributed by atoms with van der Waals surface area (Å²) in [4.78, 5) is 11.7. The van der Waals surface area contributed by atoms with Crippen molar-refractivity contribution in [3.63, 3.8) is 0 Å². The predicted octanol–water partition coefficient (Wildman–Crippen LogP) is 1.46. The predicted molar refractivity (Wildman–Crippen MR) is 68.7 cm³/mol. The number of hydrogen-bond acceptors (Lipinski definition) is 5. The molecule has 0 rings (SSSR count). The summed E-state index contributed by atoms with van der Waals surface area (Å²) in [6, 6.07) is 0. The molecule has 0 heterocycles. The molecule has 6 heteroatoms. The molecule has 0 aromatic rings. The Hall–Kier alpha value is -1.56. The minimum atomic E-state index is -0.722. The van der Waals surface area contributed by atoms with Gasteiger partial charge in [0.05, 0.1) is 13.2 Å². The van der Waals surface area contributed by atoms with Crippen LogP contribution in [0.1, 0.15) is 13.8 Å². The summed E-state index contributed by atoms with van der Waals surface area (Å²) >= 11 is 4.96. The summed E-state index contributed by atoms with van der Waals surface area (Å²) in [5.74, 6) is -1.26. The molecule has 0 atom stereocenters. The number of aliphatic hydroxyl groups is 1. The van der Waals surface area contributed by atoms with Gasteiger partial charge in [-0.1, -0.05) is 18.3 Å². The number of hydrogen-bond donors (Lipinski definition) is 2. The van der Waals surface area contributed by atoms with Crippen LogP contribution in [0.4, 0.5) is 0 Å². The average Bonchev–Trinajstić information content (AvgIpc) is 2.27. The average molecular weight is 259 g/mol. The molecule has 0 aromatic heterocycles. The molecule has 0 fully saturated rings. The van der Waals surface area contributed by atoms with Crippen LogP contribution in [0.25, 0.3) is 0 Å². The number of carbonyl (C=O) groups is 1. The highest BCUT2D eigenvalue weighted by Crippen LogP contribution is 2.08. The van der Waals surface area contributed by atoms with Gasteiger partial charge in [0, 0.05) is 6.54 Å². The highest BCUT2D eigenvalue weighted by Gasteiger charge is 2.22. The third kappa shape index (κ3) is 5.35. The summed E-state index contributed by atoms with van der Waals surface area (Å²) in [5, 5.41) is 12.3. The Labute approximate surface area is 106 Å². The van der Waals surface area contributed by atoms with Crippen LogP contribution in [0, 0.1) is 0 Å². The third-order valence-corrected chi connectivity index (χ3v) is 1.96. The van der Waals surface area contributed by atoms with Crippen molar-refractivity contribution in [2.45, 2.75) is 13.8 Å². The quantitative estimate of drug-likeness (QED) is 0.237. The maximum Gasteiger partial charge on any atom is 0.348 e. The van der Waals surface area contributed by atoms with E-state index in [1.807, 2.05) is 0 Å². The molecule has 0 saturated heterocycles. The Morgan fingerprint density at radius 3 is 2.47 bits per heavy atom. The first-order valence-corrected chi connectivity index (χ1v) is 5.61. The van der Waals surface area contributed by atoms with Gasteiger partial charge >= 0.3 is 5.97 Å². The first-order valence-electron chi connectivity index (χ1n) is 5.20. The van der Waals surface area contributed by atoms with E-state index in [1.165, 1.54) is 0 Å². The number of carbonyl (C=O) groups excluding carboxylic acids is 1. The molecule has 0 aromatic carbocycles. The largest absolute Gasteiger partial charge is 0.480 e. The Morgan fingerprint density at radius 1 is 1.41 bits per heavy atom. The lowest BCUT2D eigenvalue weighted by Crippen LogP contribution is -2.29. The fraction of sp³-hybridized carbons (Fsp3) is 0.455. The molecule has 2 N–H and O–H groups in total. The lowest BCUT2D eigenvalue weighted by atomic mass is 10.3. The van der Waals surface area contributed by atoms with Gasteiger partial charge in [0.2, 0.25) is 0 Å². The first kappa shape index (κ1) is 15.4. The highest BCUT2D eigenvalue weighted by molar-refractivity contribution is 7.80. The van der Waals surface area contributed by atoms with Crippen molar-refractivity contribution in [3.05, 3.63) is 24.2 Å². The molecule has 96 valence electrons. The van der Waals surface area contributed by atoms with Crippen molar-refractivity contribution in [3.8, 4) is 0 Å². The maximum atomic E-state index is 11.6. The smallest absolute Gasteiger partial charge is 0.348 e. The standard InChI is InChI=1S/C11H17NO4S/c1-4-7-12-9(17)8(10(13)15-5-2)11(14)16-6-3/h4,13H,1,5-7H2,2-3H3,(H,12,17)/b10-8+. The Kier molecular flexibility index (Phi) is 7.79. The lowest BCUT2D eigenvalue weighted by molar-refractivity contribution is -0.138. The monoisotopic (exact) mass is 259 g/mol. The number of ether oxygens (including phenoxy) is 2. The normalized spacial score (nSPS) is 11.2. The van der Waals surface area contributed by atoms with Crippen molar-refractivity contribution < 1.29 is 19.4 Å². The third-order valence-electron chi connectivity index (χ3n) is 1.61. The van der Waals surface area contributed by atoms with Crippen molar-refractivity contribution in [1.82, 2.24) is 5.32 Å². The molecule has 0 spiro atoms. The summed E-state index contributed by atoms with van der Waals surface area (Å²) in [7, 11) is 0. The second kappa shape index (κ2) is 8.58. The van der Waals surface area contributed by atoms with Crippen LogP contribution < -0.4 is 5.32 Å². The van der Waals surface area contributed by atoms with Gasteiger partial charge < -0.3 is 19.9 Å². The van der Waals surface area contributed by atoms with Crippen LogP contribution >= 0.6 is 12.2 Å². The van der Waals surface area contributed by atoms with E-state index in [0.29, 0.717) is 6.54 Å². The zero-order valence-corrected chi connectivity index (χ0v) is 10.8. The molecule has 0 radical (unpaired) electrons. The minimum absolute atomic E-state index is 0.0642. The minimum Gasteiger partial charge on any atom is -0.480 e. The first-order chi connectivity index (χ1) is 8.08. The van der Waals surface area contributed by atoms with E-state index in [9.17, 15) is 9.90 Å². The van der Waals surface area contributed by atoms with Crippen LogP contribution in [0.15, 0.2) is 24.2 Å². The number of esters is 1. The van der Waals surface area contributed by atoms with Gasteiger partial charge in [-0.2, -0.15) is 0 Å². The molecular weight excluding hydrogens is 242 g/mol. The van der Waals surface area contributed by atoms with Crippen molar-refractivity contribution in [2.75, 3.05) is 19.8 Å². The molecule has 0 aliphatic heterocycles. The summed E-state index contributed by atoms with van der Waals surface area (Å²) in [6.45, 7) is 7.63.